The fraction of sp³-hybridized carbons (Fsp3) is 0.200. The minimum Gasteiger partial charge on any atom is -0.399 e. The second kappa shape index (κ2) is 5.85. The fourth-order valence-electron chi connectivity index (χ4n) is 2.02. The molecule has 0 unspecified atom stereocenters. The van der Waals surface area contributed by atoms with E-state index in [-0.39, 0.29) is 11.5 Å². The quantitative estimate of drug-likeness (QED) is 0.881. The zero-order chi connectivity index (χ0) is 14.8. The summed E-state index contributed by atoms with van der Waals surface area (Å²) in [7, 11) is -3.27. The third-order valence-electron chi connectivity index (χ3n) is 2.92. The Hall–Kier alpha value is -1.52. The van der Waals surface area contributed by atoms with Gasteiger partial charge in [0.15, 0.2) is 9.84 Å². The average Bonchev–Trinajstić information content (AvgIpc) is 2.32. The number of nitrogens with two attached hydrogens (primary N) is 1. The van der Waals surface area contributed by atoms with E-state index >= 15 is 0 Å². The van der Waals surface area contributed by atoms with Crippen LogP contribution in [0, 0.1) is 6.92 Å². The lowest BCUT2D eigenvalue weighted by molar-refractivity contribution is 0.594. The van der Waals surface area contributed by atoms with Crippen molar-refractivity contribution in [1.29, 1.82) is 0 Å². The summed E-state index contributed by atoms with van der Waals surface area (Å²) in [6.45, 7) is 1.94. The molecule has 0 saturated heterocycles. The van der Waals surface area contributed by atoms with E-state index in [1.165, 1.54) is 0 Å². The maximum Gasteiger partial charge on any atom is 0.158 e. The zero-order valence-corrected chi connectivity index (χ0v) is 12.7. The average molecular weight is 310 g/mol. The molecule has 0 radical (unpaired) electrons. The Labute approximate surface area is 124 Å². The van der Waals surface area contributed by atoms with Gasteiger partial charge in [0.25, 0.3) is 0 Å². The lowest BCUT2D eigenvalue weighted by atomic mass is 10.2. The zero-order valence-electron chi connectivity index (χ0n) is 11.1. The summed E-state index contributed by atoms with van der Waals surface area (Å²) in [5.41, 5.74) is 8.53. The van der Waals surface area contributed by atoms with Crippen molar-refractivity contribution in [2.45, 2.75) is 18.4 Å². The van der Waals surface area contributed by atoms with E-state index in [1.807, 2.05) is 31.2 Å². The molecule has 0 aliphatic rings. The van der Waals surface area contributed by atoms with Gasteiger partial charge in [0, 0.05) is 10.7 Å². The molecular weight excluding hydrogens is 294 g/mol. The van der Waals surface area contributed by atoms with Gasteiger partial charge in [-0.15, -0.1) is 0 Å². The van der Waals surface area contributed by atoms with E-state index in [4.69, 9.17) is 17.3 Å². The first kappa shape index (κ1) is 14.9. The van der Waals surface area contributed by atoms with Gasteiger partial charge in [0.1, 0.15) is 0 Å². The van der Waals surface area contributed by atoms with Crippen molar-refractivity contribution in [1.82, 2.24) is 0 Å². The molecule has 5 heteroatoms. The van der Waals surface area contributed by atoms with Crippen LogP contribution in [0.4, 0.5) is 5.69 Å². The van der Waals surface area contributed by atoms with E-state index in [0.717, 1.165) is 11.1 Å². The largest absolute Gasteiger partial charge is 0.399 e. The van der Waals surface area contributed by atoms with Crippen molar-refractivity contribution in [2.24, 2.45) is 0 Å². The first-order chi connectivity index (χ1) is 9.35. The molecular formula is C15H16ClNO2S. The molecule has 106 valence electrons. The van der Waals surface area contributed by atoms with E-state index in [9.17, 15) is 8.42 Å². The molecule has 0 aliphatic carbocycles. The second-order valence-electron chi connectivity index (χ2n) is 4.87. The smallest absolute Gasteiger partial charge is 0.158 e. The molecule has 2 N–H and O–H groups in total. The molecule has 0 atom stereocenters. The van der Waals surface area contributed by atoms with Gasteiger partial charge in [-0.2, -0.15) is 0 Å². The van der Waals surface area contributed by atoms with Gasteiger partial charge >= 0.3 is 0 Å². The molecule has 20 heavy (non-hydrogen) atoms. The van der Waals surface area contributed by atoms with Crippen LogP contribution in [0.25, 0.3) is 0 Å². The van der Waals surface area contributed by atoms with Gasteiger partial charge in [-0.3, -0.25) is 0 Å². The SMILES string of the molecule is Cc1cccc(CS(=O)(=O)Cc2ccc(N)cc2Cl)c1. The van der Waals surface area contributed by atoms with Crippen LogP contribution in [0.3, 0.4) is 0 Å². The lowest BCUT2D eigenvalue weighted by Gasteiger charge is -2.08. The number of hydrogen-bond acceptors (Lipinski definition) is 3. The van der Waals surface area contributed by atoms with Crippen LogP contribution in [-0.4, -0.2) is 8.42 Å². The standard InChI is InChI=1S/C15H16ClNO2S/c1-11-3-2-4-12(7-11)9-20(18,19)10-13-5-6-14(17)8-15(13)16/h2-8H,9-10,17H2,1H3. The summed E-state index contributed by atoms with van der Waals surface area (Å²) in [6, 6.07) is 12.4. The van der Waals surface area contributed by atoms with Crippen LogP contribution in [0.1, 0.15) is 16.7 Å². The summed E-state index contributed by atoms with van der Waals surface area (Å²) in [6.07, 6.45) is 0. The molecule has 0 saturated carbocycles. The summed E-state index contributed by atoms with van der Waals surface area (Å²) in [4.78, 5) is 0. The molecule has 3 nitrogen and oxygen atoms in total. The Morgan fingerprint density at radius 3 is 2.50 bits per heavy atom. The van der Waals surface area contributed by atoms with Crippen molar-refractivity contribution in [3.8, 4) is 0 Å². The van der Waals surface area contributed by atoms with Gasteiger partial charge in [0.2, 0.25) is 0 Å². The summed E-state index contributed by atoms with van der Waals surface area (Å²) in [5, 5.41) is 0.387. The highest BCUT2D eigenvalue weighted by atomic mass is 35.5. The summed E-state index contributed by atoms with van der Waals surface area (Å²) in [5.74, 6) is -0.0740. The molecule has 0 fully saturated rings. The van der Waals surface area contributed by atoms with Crippen molar-refractivity contribution in [3.05, 3.63) is 64.2 Å². The molecule has 0 amide bonds. The normalized spacial score (nSPS) is 11.5. The van der Waals surface area contributed by atoms with Crippen LogP contribution < -0.4 is 5.73 Å². The van der Waals surface area contributed by atoms with Gasteiger partial charge in [-0.1, -0.05) is 47.5 Å². The van der Waals surface area contributed by atoms with Gasteiger partial charge in [-0.05, 0) is 30.2 Å². The Kier molecular flexibility index (Phi) is 4.35. The molecule has 2 aromatic carbocycles. The number of benzene rings is 2. The maximum atomic E-state index is 12.2. The predicted molar refractivity (Wildman–Crippen MR) is 83.4 cm³/mol. The fourth-order valence-corrected chi connectivity index (χ4v) is 3.87. The van der Waals surface area contributed by atoms with Crippen molar-refractivity contribution >= 4 is 27.1 Å². The predicted octanol–water partition coefficient (Wildman–Crippen LogP) is 3.35. The highest BCUT2D eigenvalue weighted by Gasteiger charge is 2.15. The first-order valence-electron chi connectivity index (χ1n) is 6.15. The number of anilines is 1. The molecule has 0 bridgehead atoms. The second-order valence-corrected chi connectivity index (χ2v) is 7.34. The van der Waals surface area contributed by atoms with Crippen molar-refractivity contribution in [2.75, 3.05) is 5.73 Å². The van der Waals surface area contributed by atoms with Crippen LogP contribution in [-0.2, 0) is 21.3 Å². The highest BCUT2D eigenvalue weighted by molar-refractivity contribution is 7.89. The van der Waals surface area contributed by atoms with Crippen molar-refractivity contribution < 1.29 is 8.42 Å². The number of nitrogen functional groups attached to an aromatic ring is 1. The highest BCUT2D eigenvalue weighted by Crippen LogP contribution is 2.22. The Morgan fingerprint density at radius 1 is 1.10 bits per heavy atom. The number of aryl methyl sites for hydroxylation is 1. The number of hydrogen-bond donors (Lipinski definition) is 1. The van der Waals surface area contributed by atoms with Gasteiger partial charge < -0.3 is 5.73 Å². The minimum atomic E-state index is -3.27. The monoisotopic (exact) mass is 309 g/mol. The van der Waals surface area contributed by atoms with E-state index < -0.39 is 9.84 Å². The summed E-state index contributed by atoms with van der Waals surface area (Å²) >= 11 is 6.02. The van der Waals surface area contributed by atoms with Crippen LogP contribution in [0.15, 0.2) is 42.5 Å². The van der Waals surface area contributed by atoms with Crippen LogP contribution in [0.5, 0.6) is 0 Å². The minimum absolute atomic E-state index is 0.00931. The molecule has 2 rings (SSSR count). The number of sulfone groups is 1. The number of rotatable bonds is 4. The van der Waals surface area contributed by atoms with Crippen LogP contribution in [0.2, 0.25) is 5.02 Å². The Bertz CT molecular complexity index is 726. The Balaban J connectivity index is 2.19. The van der Waals surface area contributed by atoms with Crippen molar-refractivity contribution in [3.63, 3.8) is 0 Å². The molecule has 2 aromatic rings. The topological polar surface area (TPSA) is 60.2 Å². The third kappa shape index (κ3) is 3.99. The summed E-state index contributed by atoms with van der Waals surface area (Å²) < 4.78 is 24.5. The lowest BCUT2D eigenvalue weighted by Crippen LogP contribution is -2.08. The van der Waals surface area contributed by atoms with E-state index in [2.05, 4.69) is 0 Å². The Morgan fingerprint density at radius 2 is 1.85 bits per heavy atom. The maximum absolute atomic E-state index is 12.2. The number of halogens is 1. The van der Waals surface area contributed by atoms with Gasteiger partial charge in [-0.25, -0.2) is 8.42 Å². The van der Waals surface area contributed by atoms with Crippen LogP contribution >= 0.6 is 11.6 Å². The third-order valence-corrected chi connectivity index (χ3v) is 4.80. The van der Waals surface area contributed by atoms with E-state index in [1.54, 1.807) is 18.2 Å². The first-order valence-corrected chi connectivity index (χ1v) is 8.35. The molecule has 0 spiro atoms. The molecule has 0 aliphatic heterocycles. The van der Waals surface area contributed by atoms with Gasteiger partial charge in [0.05, 0.1) is 11.5 Å². The van der Waals surface area contributed by atoms with E-state index in [0.29, 0.717) is 16.3 Å². The molecule has 0 aromatic heterocycles. The molecule has 0 heterocycles.